The third kappa shape index (κ3) is 2.31. The molecule has 0 aromatic heterocycles. The number of ether oxygens (including phenoxy) is 1. The molecule has 0 bridgehead atoms. The molecule has 5 heteroatoms. The second-order valence-corrected chi connectivity index (χ2v) is 2.52. The molecule has 0 aliphatic rings. The number of carbonyl (C=O) groups is 1. The Kier molecular flexibility index (Phi) is 3.62. The van der Waals surface area contributed by atoms with Crippen molar-refractivity contribution in [2.75, 3.05) is 6.86 Å². The van der Waals surface area contributed by atoms with Gasteiger partial charge in [-0.3, -0.25) is 4.79 Å². The Labute approximate surface area is 81.3 Å². The minimum absolute atomic E-state index is 0.00403. The smallest absolute Gasteiger partial charge is 0.228 e. The van der Waals surface area contributed by atoms with Gasteiger partial charge in [0.2, 0.25) is 6.86 Å². The maximum absolute atomic E-state index is 12.7. The summed E-state index contributed by atoms with van der Waals surface area (Å²) in [6, 6.07) is 3.25. The van der Waals surface area contributed by atoms with E-state index in [0.717, 1.165) is 12.1 Å². The van der Waals surface area contributed by atoms with Gasteiger partial charge < -0.3 is 4.74 Å². The van der Waals surface area contributed by atoms with Crippen LogP contribution >= 0.6 is 0 Å². The first-order valence-electron chi connectivity index (χ1n) is 3.90. The first-order valence-corrected chi connectivity index (χ1v) is 3.90. The van der Waals surface area contributed by atoms with E-state index in [1.54, 1.807) is 0 Å². The van der Waals surface area contributed by atoms with E-state index >= 15 is 0 Å². The zero-order chi connectivity index (χ0) is 10.6. The van der Waals surface area contributed by atoms with Gasteiger partial charge in [-0.25, -0.2) is 8.78 Å². The molecule has 0 fully saturated rings. The van der Waals surface area contributed by atoms with Crippen LogP contribution in [0.5, 0.6) is 5.75 Å². The van der Waals surface area contributed by atoms with Crippen LogP contribution in [0, 0.1) is 5.82 Å². The van der Waals surface area contributed by atoms with Crippen molar-refractivity contribution in [3.8, 4) is 5.75 Å². The number of rotatable bonds is 4. The van der Waals surface area contributed by atoms with Gasteiger partial charge >= 0.3 is 0 Å². The fourth-order valence-corrected chi connectivity index (χ4v) is 1.01. The van der Waals surface area contributed by atoms with Crippen LogP contribution in [0.25, 0.3) is 0 Å². The van der Waals surface area contributed by atoms with Gasteiger partial charge in [-0.1, -0.05) is 0 Å². The molecule has 0 aliphatic carbocycles. The van der Waals surface area contributed by atoms with Crippen LogP contribution in [0.3, 0.4) is 0 Å². The van der Waals surface area contributed by atoms with Crippen molar-refractivity contribution in [1.29, 1.82) is 0 Å². The van der Waals surface area contributed by atoms with Gasteiger partial charge in [-0.05, 0) is 24.5 Å². The SMILES string of the molecule is [B]CC(=O)c1cc(F)ccc1OCF. The average molecular weight is 196 g/mol. The lowest BCUT2D eigenvalue weighted by molar-refractivity contribution is 0.101. The Hall–Kier alpha value is -1.39. The van der Waals surface area contributed by atoms with Crippen LogP contribution in [0.2, 0.25) is 6.32 Å². The zero-order valence-corrected chi connectivity index (χ0v) is 7.30. The molecular formula is C9H7BF2O2. The summed E-state index contributed by atoms with van der Waals surface area (Å²) in [6.07, 6.45) is -0.272. The van der Waals surface area contributed by atoms with Gasteiger partial charge in [-0.2, -0.15) is 0 Å². The maximum atomic E-state index is 12.7. The van der Waals surface area contributed by atoms with E-state index in [-0.39, 0.29) is 17.6 Å². The molecule has 1 rings (SSSR count). The molecule has 1 aromatic carbocycles. The van der Waals surface area contributed by atoms with Gasteiger partial charge in [0.05, 0.1) is 13.4 Å². The summed E-state index contributed by atoms with van der Waals surface area (Å²) in [6.45, 7) is -1.07. The number of ketones is 1. The van der Waals surface area contributed by atoms with Gasteiger partial charge in [0.15, 0.2) is 5.78 Å². The molecule has 2 radical (unpaired) electrons. The van der Waals surface area contributed by atoms with Crippen molar-refractivity contribution in [1.82, 2.24) is 0 Å². The minimum atomic E-state index is -1.07. The van der Waals surface area contributed by atoms with E-state index < -0.39 is 18.5 Å². The van der Waals surface area contributed by atoms with Crippen LogP contribution in [0.1, 0.15) is 10.4 Å². The van der Waals surface area contributed by atoms with Crippen LogP contribution in [-0.4, -0.2) is 20.5 Å². The fourth-order valence-electron chi connectivity index (χ4n) is 1.01. The van der Waals surface area contributed by atoms with Crippen molar-refractivity contribution in [2.45, 2.75) is 6.32 Å². The Balaban J connectivity index is 3.08. The first-order chi connectivity index (χ1) is 6.69. The van der Waals surface area contributed by atoms with Crippen molar-refractivity contribution in [3.63, 3.8) is 0 Å². The quantitative estimate of drug-likeness (QED) is 0.542. The van der Waals surface area contributed by atoms with Crippen LogP contribution in [0.15, 0.2) is 18.2 Å². The predicted octanol–water partition coefficient (Wildman–Crippen LogP) is 1.90. The minimum Gasteiger partial charge on any atom is -0.462 e. The number of benzene rings is 1. The number of alkyl halides is 1. The first kappa shape index (κ1) is 10.7. The van der Waals surface area contributed by atoms with Crippen LogP contribution in [0.4, 0.5) is 8.78 Å². The largest absolute Gasteiger partial charge is 0.462 e. The van der Waals surface area contributed by atoms with Crippen molar-refractivity contribution >= 4 is 13.6 Å². The summed E-state index contributed by atoms with van der Waals surface area (Å²) in [4.78, 5) is 11.2. The topological polar surface area (TPSA) is 26.3 Å². The van der Waals surface area contributed by atoms with E-state index in [4.69, 9.17) is 7.85 Å². The number of hydrogen-bond acceptors (Lipinski definition) is 2. The molecule has 0 atom stereocenters. The monoisotopic (exact) mass is 196 g/mol. The highest BCUT2D eigenvalue weighted by molar-refractivity contribution is 6.24. The van der Waals surface area contributed by atoms with Gasteiger partial charge in [0.1, 0.15) is 11.6 Å². The summed E-state index contributed by atoms with van der Waals surface area (Å²) < 4.78 is 29.1. The van der Waals surface area contributed by atoms with Crippen molar-refractivity contribution in [3.05, 3.63) is 29.6 Å². The van der Waals surface area contributed by atoms with Crippen molar-refractivity contribution < 1.29 is 18.3 Å². The highest BCUT2D eigenvalue weighted by Gasteiger charge is 2.11. The lowest BCUT2D eigenvalue weighted by Crippen LogP contribution is -2.03. The molecule has 0 unspecified atom stereocenters. The molecule has 0 saturated carbocycles. The lowest BCUT2D eigenvalue weighted by Gasteiger charge is -2.06. The number of carbonyl (C=O) groups excluding carboxylic acids is 1. The molecule has 0 amide bonds. The molecule has 0 heterocycles. The highest BCUT2D eigenvalue weighted by atomic mass is 19.1. The van der Waals surface area contributed by atoms with Crippen molar-refractivity contribution in [2.24, 2.45) is 0 Å². The lowest BCUT2D eigenvalue weighted by atomic mass is 9.95. The predicted molar refractivity (Wildman–Crippen MR) is 47.9 cm³/mol. The molecule has 0 aliphatic heterocycles. The van der Waals surface area contributed by atoms with E-state index in [1.807, 2.05) is 0 Å². The fraction of sp³-hybridized carbons (Fsp3) is 0.222. The summed E-state index contributed by atoms with van der Waals surface area (Å²) in [5.74, 6) is -1.08. The average Bonchev–Trinajstić information content (AvgIpc) is 2.20. The van der Waals surface area contributed by atoms with E-state index in [1.165, 1.54) is 6.07 Å². The summed E-state index contributed by atoms with van der Waals surface area (Å²) >= 11 is 0. The van der Waals surface area contributed by atoms with Crippen LogP contribution in [-0.2, 0) is 0 Å². The molecule has 72 valence electrons. The molecular weight excluding hydrogens is 189 g/mol. The summed E-state index contributed by atoms with van der Waals surface area (Å²) in [5.41, 5.74) is -0.0369. The second kappa shape index (κ2) is 4.74. The van der Waals surface area contributed by atoms with Crippen LogP contribution < -0.4 is 4.74 Å². The third-order valence-corrected chi connectivity index (χ3v) is 1.64. The number of hydrogen-bond donors (Lipinski definition) is 0. The van der Waals surface area contributed by atoms with Gasteiger partial charge in [-0.15, -0.1) is 0 Å². The Bertz CT molecular complexity index is 342. The highest BCUT2D eigenvalue weighted by Crippen LogP contribution is 2.21. The summed E-state index contributed by atoms with van der Waals surface area (Å²) in [5, 5.41) is 0. The van der Waals surface area contributed by atoms with Gasteiger partial charge in [0, 0.05) is 0 Å². The number of halogens is 2. The Morgan fingerprint density at radius 1 is 1.50 bits per heavy atom. The molecule has 0 saturated heterocycles. The zero-order valence-electron chi connectivity index (χ0n) is 7.30. The molecule has 1 aromatic rings. The van der Waals surface area contributed by atoms with E-state index in [0.29, 0.717) is 0 Å². The Morgan fingerprint density at radius 3 is 2.79 bits per heavy atom. The van der Waals surface area contributed by atoms with E-state index in [9.17, 15) is 13.6 Å². The molecule has 14 heavy (non-hydrogen) atoms. The van der Waals surface area contributed by atoms with E-state index in [2.05, 4.69) is 4.74 Å². The third-order valence-electron chi connectivity index (χ3n) is 1.64. The molecule has 0 spiro atoms. The summed E-state index contributed by atoms with van der Waals surface area (Å²) in [7, 11) is 5.10. The molecule has 2 nitrogen and oxygen atoms in total. The second-order valence-electron chi connectivity index (χ2n) is 2.52. The maximum Gasteiger partial charge on any atom is 0.228 e. The molecule has 0 N–H and O–H groups in total. The van der Waals surface area contributed by atoms with Gasteiger partial charge in [0.25, 0.3) is 0 Å². The Morgan fingerprint density at radius 2 is 2.21 bits per heavy atom. The number of Topliss-reactive ketones (excluding diaryl/α,β-unsaturated/α-hetero) is 1. The normalized spacial score (nSPS) is 9.86. The standard InChI is InChI=1S/C9H7BF2O2/c10-4-8(13)7-3-6(12)1-2-9(7)14-5-11/h1-3H,4-5H2.